The highest BCUT2D eigenvalue weighted by molar-refractivity contribution is 6.02. The molecule has 0 radical (unpaired) electrons. The fourth-order valence-corrected chi connectivity index (χ4v) is 2.04. The molecule has 0 aliphatic heterocycles. The van der Waals surface area contributed by atoms with Crippen LogP contribution in [0.25, 0.3) is 6.08 Å². The van der Waals surface area contributed by atoms with Crippen molar-refractivity contribution in [1.82, 2.24) is 0 Å². The van der Waals surface area contributed by atoms with Crippen LogP contribution < -0.4 is 10.1 Å². The zero-order valence-corrected chi connectivity index (χ0v) is 14.2. The summed E-state index contributed by atoms with van der Waals surface area (Å²) in [5.41, 5.74) is -0.973. The maximum Gasteiger partial charge on any atom is 0.416 e. The third-order valence-electron chi connectivity index (χ3n) is 3.27. The minimum atomic E-state index is -4.54. The van der Waals surface area contributed by atoms with Crippen molar-refractivity contribution in [2.45, 2.75) is 13.1 Å². The van der Waals surface area contributed by atoms with Crippen LogP contribution in [0.4, 0.5) is 18.9 Å². The molecule has 8 heteroatoms. The van der Waals surface area contributed by atoms with Crippen LogP contribution in [0.5, 0.6) is 5.75 Å². The lowest BCUT2D eigenvalue weighted by Gasteiger charge is -2.14. The summed E-state index contributed by atoms with van der Waals surface area (Å²) in [5.74, 6) is 0.635. The number of hydrogen-bond donors (Lipinski definition) is 1. The van der Waals surface area contributed by atoms with Crippen LogP contribution in [-0.2, 0) is 15.7 Å². The van der Waals surface area contributed by atoms with Crippen molar-refractivity contribution in [3.63, 3.8) is 0 Å². The average molecular weight is 369 g/mol. The van der Waals surface area contributed by atoms with Crippen molar-refractivity contribution >= 4 is 17.7 Å². The summed E-state index contributed by atoms with van der Waals surface area (Å²) in [5, 5.41) is 2.39. The van der Waals surface area contributed by atoms with Crippen molar-refractivity contribution in [1.29, 1.82) is 0 Å². The molecule has 26 heavy (non-hydrogen) atoms. The Morgan fingerprint density at radius 3 is 2.62 bits per heavy atom. The number of nitrogens with one attached hydrogen (secondary N) is 1. The van der Waals surface area contributed by atoms with Crippen molar-refractivity contribution in [3.8, 4) is 5.75 Å². The minimum absolute atomic E-state index is 0.0822. The van der Waals surface area contributed by atoms with Gasteiger partial charge in [-0.1, -0.05) is 0 Å². The van der Waals surface area contributed by atoms with E-state index in [0.717, 1.165) is 24.3 Å². The number of aryl methyl sites for hydroxylation is 1. The first-order valence-corrected chi connectivity index (χ1v) is 7.68. The van der Waals surface area contributed by atoms with E-state index < -0.39 is 17.6 Å². The number of halogens is 3. The van der Waals surface area contributed by atoms with E-state index in [0.29, 0.717) is 11.5 Å². The number of methoxy groups -OCH3 is 1. The van der Waals surface area contributed by atoms with Gasteiger partial charge in [0.05, 0.1) is 17.9 Å². The normalized spacial score (nSPS) is 11.7. The van der Waals surface area contributed by atoms with E-state index in [4.69, 9.17) is 13.9 Å². The topological polar surface area (TPSA) is 60.7 Å². The Labute approximate surface area is 148 Å². The van der Waals surface area contributed by atoms with Crippen LogP contribution in [0, 0.1) is 6.92 Å². The molecule has 2 aromatic rings. The smallest absolute Gasteiger partial charge is 0.416 e. The van der Waals surface area contributed by atoms with Gasteiger partial charge in [-0.25, -0.2) is 0 Å². The quantitative estimate of drug-likeness (QED) is 0.584. The number of rotatable bonds is 7. The minimum Gasteiger partial charge on any atom is -0.489 e. The Kier molecular flexibility index (Phi) is 6.46. The molecule has 2 rings (SSSR count). The zero-order chi connectivity index (χ0) is 19.2. The largest absolute Gasteiger partial charge is 0.489 e. The van der Waals surface area contributed by atoms with E-state index >= 15 is 0 Å². The maximum absolute atomic E-state index is 12.9. The Bertz CT molecular complexity index is 781. The molecule has 0 aliphatic rings. The molecular formula is C18H18F3NO4. The standard InChI is InChI=1S/C18H18F3NO4/c1-12-3-5-14(26-12)6-8-17(23)22-15-11-13(18(19,20)21)4-7-16(15)25-10-9-24-2/h3-8,11H,9-10H2,1-2H3,(H,22,23). The van der Waals surface area contributed by atoms with Gasteiger partial charge in [-0.05, 0) is 43.3 Å². The van der Waals surface area contributed by atoms with E-state index in [1.54, 1.807) is 19.1 Å². The monoisotopic (exact) mass is 369 g/mol. The predicted octanol–water partition coefficient (Wildman–Crippen LogP) is 4.28. The van der Waals surface area contributed by atoms with Crippen LogP contribution in [0.15, 0.2) is 40.8 Å². The molecule has 1 aromatic heterocycles. The molecule has 0 spiro atoms. The number of alkyl halides is 3. The number of amides is 1. The van der Waals surface area contributed by atoms with Gasteiger partial charge in [0.25, 0.3) is 0 Å². The van der Waals surface area contributed by atoms with Gasteiger partial charge in [-0.3, -0.25) is 4.79 Å². The van der Waals surface area contributed by atoms with E-state index in [1.165, 1.54) is 13.2 Å². The first kappa shape index (κ1) is 19.6. The molecule has 5 nitrogen and oxygen atoms in total. The summed E-state index contributed by atoms with van der Waals surface area (Å²) in [4.78, 5) is 12.0. The second-order valence-electron chi connectivity index (χ2n) is 5.32. The van der Waals surface area contributed by atoms with E-state index in [9.17, 15) is 18.0 Å². The molecule has 1 amide bonds. The third kappa shape index (κ3) is 5.66. The molecule has 0 aliphatic carbocycles. The molecule has 1 N–H and O–H groups in total. The molecule has 0 atom stereocenters. The van der Waals surface area contributed by atoms with Gasteiger partial charge < -0.3 is 19.2 Å². The second kappa shape index (κ2) is 8.57. The molecule has 0 unspecified atom stereocenters. The molecular weight excluding hydrogens is 351 g/mol. The highest BCUT2D eigenvalue weighted by Gasteiger charge is 2.31. The first-order valence-electron chi connectivity index (χ1n) is 7.68. The van der Waals surface area contributed by atoms with Crippen LogP contribution >= 0.6 is 0 Å². The number of benzene rings is 1. The lowest BCUT2D eigenvalue weighted by atomic mass is 10.1. The fourth-order valence-electron chi connectivity index (χ4n) is 2.04. The van der Waals surface area contributed by atoms with Gasteiger partial charge in [-0.15, -0.1) is 0 Å². The molecule has 1 aromatic carbocycles. The number of anilines is 1. The maximum atomic E-state index is 12.9. The Morgan fingerprint density at radius 2 is 2.00 bits per heavy atom. The van der Waals surface area contributed by atoms with Gasteiger partial charge in [0, 0.05) is 13.2 Å². The number of carbonyl (C=O) groups is 1. The molecule has 0 saturated carbocycles. The zero-order valence-electron chi connectivity index (χ0n) is 14.2. The predicted molar refractivity (Wildman–Crippen MR) is 89.9 cm³/mol. The highest BCUT2D eigenvalue weighted by Crippen LogP contribution is 2.35. The van der Waals surface area contributed by atoms with Crippen LogP contribution in [0.3, 0.4) is 0 Å². The number of ether oxygens (including phenoxy) is 2. The third-order valence-corrected chi connectivity index (χ3v) is 3.27. The summed E-state index contributed by atoms with van der Waals surface area (Å²) in [6, 6.07) is 6.27. The SMILES string of the molecule is COCCOc1ccc(C(F)(F)F)cc1NC(=O)C=Cc1ccc(C)o1. The van der Waals surface area contributed by atoms with Crippen molar-refractivity contribution in [3.05, 3.63) is 53.5 Å². The van der Waals surface area contributed by atoms with Crippen molar-refractivity contribution in [2.24, 2.45) is 0 Å². The summed E-state index contributed by atoms with van der Waals surface area (Å²) in [6.45, 7) is 2.14. The van der Waals surface area contributed by atoms with Gasteiger partial charge in [0.1, 0.15) is 23.9 Å². The summed E-state index contributed by atoms with van der Waals surface area (Å²) in [6.07, 6.45) is -1.95. The van der Waals surface area contributed by atoms with E-state index in [-0.39, 0.29) is 24.7 Å². The molecule has 0 bridgehead atoms. The van der Waals surface area contributed by atoms with E-state index in [2.05, 4.69) is 5.32 Å². The second-order valence-corrected chi connectivity index (χ2v) is 5.32. The molecule has 0 saturated heterocycles. The fraction of sp³-hybridized carbons (Fsp3) is 0.278. The highest BCUT2D eigenvalue weighted by atomic mass is 19.4. The van der Waals surface area contributed by atoms with Gasteiger partial charge >= 0.3 is 6.18 Å². The number of hydrogen-bond acceptors (Lipinski definition) is 4. The van der Waals surface area contributed by atoms with Gasteiger partial charge in [0.2, 0.25) is 5.91 Å². The van der Waals surface area contributed by atoms with Gasteiger partial charge in [0.15, 0.2) is 0 Å². The van der Waals surface area contributed by atoms with Crippen LogP contribution in [-0.4, -0.2) is 26.2 Å². The summed E-state index contributed by atoms with van der Waals surface area (Å²) < 4.78 is 54.2. The summed E-state index contributed by atoms with van der Waals surface area (Å²) >= 11 is 0. The average Bonchev–Trinajstić information content (AvgIpc) is 2.99. The lowest BCUT2D eigenvalue weighted by molar-refractivity contribution is -0.137. The van der Waals surface area contributed by atoms with E-state index in [1.807, 2.05) is 0 Å². The Morgan fingerprint density at radius 1 is 1.23 bits per heavy atom. The van der Waals surface area contributed by atoms with Crippen LogP contribution in [0.2, 0.25) is 0 Å². The van der Waals surface area contributed by atoms with Crippen molar-refractivity contribution < 1.29 is 31.9 Å². The number of carbonyl (C=O) groups excluding carboxylic acids is 1. The van der Waals surface area contributed by atoms with Crippen LogP contribution in [0.1, 0.15) is 17.1 Å². The van der Waals surface area contributed by atoms with Gasteiger partial charge in [-0.2, -0.15) is 13.2 Å². The molecule has 140 valence electrons. The number of furan rings is 1. The molecule has 0 fully saturated rings. The Hall–Kier alpha value is -2.74. The summed E-state index contributed by atoms with van der Waals surface area (Å²) in [7, 11) is 1.47. The lowest BCUT2D eigenvalue weighted by Crippen LogP contribution is -2.13. The van der Waals surface area contributed by atoms with Crippen molar-refractivity contribution in [2.75, 3.05) is 25.6 Å². The Balaban J connectivity index is 2.17. The molecule has 1 heterocycles. The first-order chi connectivity index (χ1) is 12.3.